The molecule has 0 saturated carbocycles. The minimum Gasteiger partial charge on any atom is -0.494 e. The van der Waals surface area contributed by atoms with E-state index in [1.54, 1.807) is 6.08 Å². The summed E-state index contributed by atoms with van der Waals surface area (Å²) in [5.41, 5.74) is 4.10. The van der Waals surface area contributed by atoms with E-state index in [0.29, 0.717) is 12.2 Å². The second kappa shape index (κ2) is 8.73. The number of ketones is 1. The molecule has 152 valence electrons. The third kappa shape index (κ3) is 3.86. The van der Waals surface area contributed by atoms with Crippen LogP contribution in [0.25, 0.3) is 28.2 Å². The lowest BCUT2D eigenvalue weighted by Gasteiger charge is -2.08. The Labute approximate surface area is 181 Å². The fourth-order valence-corrected chi connectivity index (χ4v) is 3.83. The third-order valence-corrected chi connectivity index (χ3v) is 5.25. The van der Waals surface area contributed by atoms with Gasteiger partial charge in [0.2, 0.25) is 5.78 Å². The van der Waals surface area contributed by atoms with Crippen LogP contribution >= 0.6 is 0 Å². The summed E-state index contributed by atoms with van der Waals surface area (Å²) in [6.45, 7) is 2.51. The van der Waals surface area contributed by atoms with Gasteiger partial charge in [0.05, 0.1) is 17.9 Å². The van der Waals surface area contributed by atoms with Crippen LogP contribution in [0.4, 0.5) is 0 Å². The van der Waals surface area contributed by atoms with Crippen LogP contribution in [-0.4, -0.2) is 17.0 Å². The molecule has 31 heavy (non-hydrogen) atoms. The van der Waals surface area contributed by atoms with Gasteiger partial charge < -0.3 is 9.30 Å². The first-order valence-electron chi connectivity index (χ1n) is 10.2. The smallest absolute Gasteiger partial charge is 0.206 e. The lowest BCUT2D eigenvalue weighted by Crippen LogP contribution is -2.05. The molecular formula is C27H22N2O2. The third-order valence-electron chi connectivity index (χ3n) is 5.25. The number of aryl methyl sites for hydroxylation is 1. The predicted molar refractivity (Wildman–Crippen MR) is 124 cm³/mol. The largest absolute Gasteiger partial charge is 0.494 e. The van der Waals surface area contributed by atoms with Crippen molar-refractivity contribution in [3.63, 3.8) is 0 Å². The highest BCUT2D eigenvalue weighted by molar-refractivity contribution is 6.23. The van der Waals surface area contributed by atoms with Crippen molar-refractivity contribution in [2.45, 2.75) is 6.92 Å². The molecule has 0 N–H and O–H groups in total. The van der Waals surface area contributed by atoms with Crippen LogP contribution in [0, 0.1) is 11.3 Å². The molecule has 0 radical (unpaired) electrons. The molecule has 0 spiro atoms. The number of para-hydroxylation sites is 1. The van der Waals surface area contributed by atoms with Crippen molar-refractivity contribution >= 4 is 22.8 Å². The molecule has 0 fully saturated rings. The Kier molecular flexibility index (Phi) is 5.68. The highest BCUT2D eigenvalue weighted by Gasteiger charge is 2.24. The van der Waals surface area contributed by atoms with Gasteiger partial charge in [-0.1, -0.05) is 60.7 Å². The van der Waals surface area contributed by atoms with E-state index >= 15 is 0 Å². The molecule has 4 heteroatoms. The first-order chi connectivity index (χ1) is 15.1. The zero-order chi connectivity index (χ0) is 21.8. The van der Waals surface area contributed by atoms with Crippen molar-refractivity contribution in [3.05, 3.63) is 95.6 Å². The summed E-state index contributed by atoms with van der Waals surface area (Å²) in [4.78, 5) is 13.6. The number of nitrogens with zero attached hydrogens (tertiary/aromatic N) is 2. The molecular weight excluding hydrogens is 384 g/mol. The van der Waals surface area contributed by atoms with E-state index in [0.717, 1.165) is 33.5 Å². The number of ether oxygens (including phenoxy) is 1. The van der Waals surface area contributed by atoms with Gasteiger partial charge in [-0.15, -0.1) is 0 Å². The van der Waals surface area contributed by atoms with Crippen LogP contribution in [0.1, 0.15) is 22.8 Å². The van der Waals surface area contributed by atoms with E-state index in [-0.39, 0.29) is 11.4 Å². The Morgan fingerprint density at radius 1 is 1.00 bits per heavy atom. The van der Waals surface area contributed by atoms with Crippen LogP contribution in [-0.2, 0) is 7.05 Å². The van der Waals surface area contributed by atoms with Crippen molar-refractivity contribution < 1.29 is 9.53 Å². The molecule has 4 rings (SSSR count). The Bertz CT molecular complexity index is 1310. The molecule has 0 saturated heterocycles. The standard InChI is InChI=1S/C27H22N2O2/c1-3-31-22-15-13-19(14-16-22)17-21(18-28)27(30)25-23-11-7-8-12-24(23)29(2)26(25)20-9-5-4-6-10-20/h4-17H,3H2,1-2H3. The van der Waals surface area contributed by atoms with Gasteiger partial charge in [0.1, 0.15) is 17.4 Å². The van der Waals surface area contributed by atoms with Crippen molar-refractivity contribution in [1.82, 2.24) is 4.57 Å². The normalized spacial score (nSPS) is 11.3. The fourth-order valence-electron chi connectivity index (χ4n) is 3.83. The molecule has 0 amide bonds. The van der Waals surface area contributed by atoms with Crippen LogP contribution in [0.15, 0.2) is 84.4 Å². The predicted octanol–water partition coefficient (Wildman–Crippen LogP) is 6.03. The summed E-state index contributed by atoms with van der Waals surface area (Å²) in [6, 6.07) is 27.0. The molecule has 0 aliphatic carbocycles. The highest BCUT2D eigenvalue weighted by Crippen LogP contribution is 2.34. The summed E-state index contributed by atoms with van der Waals surface area (Å²) >= 11 is 0. The number of hydrogen-bond acceptors (Lipinski definition) is 3. The number of nitriles is 1. The first-order valence-corrected chi connectivity index (χ1v) is 10.2. The summed E-state index contributed by atoms with van der Waals surface area (Å²) < 4.78 is 7.49. The molecule has 0 unspecified atom stereocenters. The monoisotopic (exact) mass is 406 g/mol. The molecule has 1 aromatic heterocycles. The van der Waals surface area contributed by atoms with E-state index in [4.69, 9.17) is 4.74 Å². The average molecular weight is 406 g/mol. The second-order valence-electron chi connectivity index (χ2n) is 7.17. The highest BCUT2D eigenvalue weighted by atomic mass is 16.5. The molecule has 1 heterocycles. The topological polar surface area (TPSA) is 55.0 Å². The van der Waals surface area contributed by atoms with Crippen molar-refractivity contribution in [3.8, 4) is 23.1 Å². The Morgan fingerprint density at radius 2 is 1.68 bits per heavy atom. The number of fused-ring (bicyclic) bond motifs is 1. The molecule has 0 atom stereocenters. The number of carbonyl (C=O) groups is 1. The number of carbonyl (C=O) groups excluding carboxylic acids is 1. The number of hydrogen-bond donors (Lipinski definition) is 0. The minimum absolute atomic E-state index is 0.0951. The molecule has 0 aliphatic rings. The van der Waals surface area contributed by atoms with Gasteiger partial charge in [-0.2, -0.15) is 5.26 Å². The lowest BCUT2D eigenvalue weighted by molar-refractivity contribution is 0.104. The quantitative estimate of drug-likeness (QED) is 0.223. The van der Waals surface area contributed by atoms with Crippen LogP contribution < -0.4 is 4.74 Å². The summed E-state index contributed by atoms with van der Waals surface area (Å²) in [5.74, 6) is 0.469. The van der Waals surface area contributed by atoms with Gasteiger partial charge in [0.15, 0.2) is 0 Å². The number of rotatable bonds is 6. The Morgan fingerprint density at radius 3 is 2.35 bits per heavy atom. The van der Waals surface area contributed by atoms with Crippen molar-refractivity contribution in [1.29, 1.82) is 5.26 Å². The SMILES string of the molecule is CCOc1ccc(C=C(C#N)C(=O)c2c(-c3ccccc3)n(C)c3ccccc23)cc1. The van der Waals surface area contributed by atoms with Crippen molar-refractivity contribution in [2.75, 3.05) is 6.61 Å². The number of aromatic nitrogens is 1. The van der Waals surface area contributed by atoms with Crippen LogP contribution in [0.3, 0.4) is 0 Å². The van der Waals surface area contributed by atoms with Crippen LogP contribution in [0.5, 0.6) is 5.75 Å². The zero-order valence-electron chi connectivity index (χ0n) is 17.5. The van der Waals surface area contributed by atoms with E-state index in [9.17, 15) is 10.1 Å². The van der Waals surface area contributed by atoms with E-state index in [1.165, 1.54) is 0 Å². The molecule has 4 aromatic rings. The van der Waals surface area contributed by atoms with Gasteiger partial charge in [0, 0.05) is 18.0 Å². The maximum Gasteiger partial charge on any atom is 0.206 e. The van der Waals surface area contributed by atoms with Gasteiger partial charge in [-0.25, -0.2) is 0 Å². The molecule has 0 bridgehead atoms. The van der Waals surface area contributed by atoms with E-state index in [1.807, 2.05) is 97.4 Å². The lowest BCUT2D eigenvalue weighted by atomic mass is 9.96. The first kappa shape index (κ1) is 20.2. The maximum atomic E-state index is 13.6. The van der Waals surface area contributed by atoms with Gasteiger partial charge in [-0.3, -0.25) is 4.79 Å². The second-order valence-corrected chi connectivity index (χ2v) is 7.17. The average Bonchev–Trinajstić information content (AvgIpc) is 3.11. The van der Waals surface area contributed by atoms with Gasteiger partial charge in [-0.05, 0) is 42.3 Å². The van der Waals surface area contributed by atoms with Crippen molar-refractivity contribution in [2.24, 2.45) is 7.05 Å². The summed E-state index contributed by atoms with van der Waals surface area (Å²) in [6.07, 6.45) is 1.63. The summed E-state index contributed by atoms with van der Waals surface area (Å²) in [7, 11) is 1.95. The molecule has 0 aliphatic heterocycles. The molecule has 4 nitrogen and oxygen atoms in total. The Balaban J connectivity index is 1.85. The minimum atomic E-state index is -0.285. The Hall–Kier alpha value is -4.10. The maximum absolute atomic E-state index is 13.6. The number of Topliss-reactive ketones (excluding diaryl/α,β-unsaturated/α-hetero) is 1. The fraction of sp³-hybridized carbons (Fsp3) is 0.111. The number of benzene rings is 3. The number of allylic oxidation sites excluding steroid dienone is 1. The van der Waals surface area contributed by atoms with E-state index < -0.39 is 0 Å². The summed E-state index contributed by atoms with van der Waals surface area (Å²) in [5, 5.41) is 10.7. The zero-order valence-corrected chi connectivity index (χ0v) is 17.5. The van der Waals surface area contributed by atoms with Crippen LogP contribution in [0.2, 0.25) is 0 Å². The van der Waals surface area contributed by atoms with Gasteiger partial charge in [0.25, 0.3) is 0 Å². The molecule has 3 aromatic carbocycles. The van der Waals surface area contributed by atoms with E-state index in [2.05, 4.69) is 6.07 Å². The van der Waals surface area contributed by atoms with Gasteiger partial charge >= 0.3 is 0 Å².